The first-order valence-corrected chi connectivity index (χ1v) is 11.1. The van der Waals surface area contributed by atoms with Crippen molar-refractivity contribution >= 4 is 33.2 Å². The molecule has 1 aliphatic heterocycles. The smallest absolute Gasteiger partial charge is 0.368 e. The van der Waals surface area contributed by atoms with E-state index in [1.54, 1.807) is 6.92 Å². The normalized spacial score (nSPS) is 17.8. The molecular formula is C20H18ClF3N4O3S. The minimum Gasteiger partial charge on any atom is -0.368 e. The Morgan fingerprint density at radius 3 is 2.47 bits per heavy atom. The average molecular weight is 487 g/mol. The minimum atomic E-state index is -4.78. The third-order valence-electron chi connectivity index (χ3n) is 5.20. The summed E-state index contributed by atoms with van der Waals surface area (Å²) in [5, 5.41) is 9.37. The van der Waals surface area contributed by atoms with E-state index in [2.05, 4.69) is 0 Å². The monoisotopic (exact) mass is 486 g/mol. The summed E-state index contributed by atoms with van der Waals surface area (Å²) in [4.78, 5) is 13.4. The maximum absolute atomic E-state index is 13.3. The summed E-state index contributed by atoms with van der Waals surface area (Å²) in [6.07, 6.45) is -4.78. The van der Waals surface area contributed by atoms with E-state index >= 15 is 0 Å². The lowest BCUT2D eigenvalue weighted by Gasteiger charge is -2.40. The largest absolute Gasteiger partial charge is 0.417 e. The number of piperazine rings is 1. The molecular weight excluding hydrogens is 469 g/mol. The second-order valence-electron chi connectivity index (χ2n) is 7.23. The summed E-state index contributed by atoms with van der Waals surface area (Å²) < 4.78 is 67.2. The van der Waals surface area contributed by atoms with Gasteiger partial charge in [-0.3, -0.25) is 4.79 Å². The van der Waals surface area contributed by atoms with Gasteiger partial charge in [0, 0.05) is 30.3 Å². The lowest BCUT2D eigenvalue weighted by Crippen LogP contribution is -2.59. The predicted octanol–water partition coefficient (Wildman–Crippen LogP) is 2.90. The van der Waals surface area contributed by atoms with Gasteiger partial charge < -0.3 is 10.6 Å². The van der Waals surface area contributed by atoms with E-state index in [1.165, 1.54) is 35.2 Å². The van der Waals surface area contributed by atoms with Crippen LogP contribution in [0.25, 0.3) is 0 Å². The van der Waals surface area contributed by atoms with Crippen LogP contribution in [0.3, 0.4) is 0 Å². The van der Waals surface area contributed by atoms with Gasteiger partial charge in [0.25, 0.3) is 0 Å². The number of nitrogens with zero attached hydrogens (tertiary/aromatic N) is 3. The number of benzene rings is 2. The first-order chi connectivity index (χ1) is 14.9. The van der Waals surface area contributed by atoms with Crippen LogP contribution in [-0.4, -0.2) is 44.3 Å². The van der Waals surface area contributed by atoms with E-state index in [-0.39, 0.29) is 30.2 Å². The van der Waals surface area contributed by atoms with Crippen molar-refractivity contribution in [1.29, 1.82) is 5.26 Å². The van der Waals surface area contributed by atoms with E-state index in [9.17, 15) is 26.4 Å². The molecule has 0 saturated carbocycles. The van der Waals surface area contributed by atoms with E-state index in [4.69, 9.17) is 22.6 Å². The number of sulfonamides is 1. The number of hydrogen-bond acceptors (Lipinski definition) is 5. The average Bonchev–Trinajstić information content (AvgIpc) is 2.74. The molecule has 170 valence electrons. The highest BCUT2D eigenvalue weighted by atomic mass is 35.5. The Labute approximate surface area is 187 Å². The van der Waals surface area contributed by atoms with Crippen molar-refractivity contribution in [2.24, 2.45) is 5.73 Å². The van der Waals surface area contributed by atoms with Gasteiger partial charge in [-0.05, 0) is 48.9 Å². The highest BCUT2D eigenvalue weighted by molar-refractivity contribution is 7.89. The van der Waals surface area contributed by atoms with Crippen molar-refractivity contribution in [2.45, 2.75) is 24.0 Å². The Hall–Kier alpha value is -2.81. The van der Waals surface area contributed by atoms with Gasteiger partial charge in [-0.25, -0.2) is 8.42 Å². The van der Waals surface area contributed by atoms with Crippen LogP contribution in [0.5, 0.6) is 0 Å². The molecule has 12 heteroatoms. The molecule has 1 atom stereocenters. The van der Waals surface area contributed by atoms with Gasteiger partial charge in [0.15, 0.2) is 0 Å². The highest BCUT2D eigenvalue weighted by Crippen LogP contribution is 2.35. The number of aryl methyl sites for hydroxylation is 1. The summed E-state index contributed by atoms with van der Waals surface area (Å²) >= 11 is 5.96. The molecule has 1 saturated heterocycles. The van der Waals surface area contributed by atoms with Gasteiger partial charge in [-0.1, -0.05) is 11.6 Å². The van der Waals surface area contributed by atoms with E-state index in [0.29, 0.717) is 10.6 Å². The Morgan fingerprint density at radius 2 is 1.91 bits per heavy atom. The van der Waals surface area contributed by atoms with E-state index in [1.807, 2.05) is 0 Å². The molecule has 3 rings (SSSR count). The maximum atomic E-state index is 13.3. The maximum Gasteiger partial charge on any atom is 0.417 e. The third-order valence-corrected chi connectivity index (χ3v) is 7.48. The van der Waals surface area contributed by atoms with Crippen molar-refractivity contribution in [2.75, 3.05) is 24.5 Å². The van der Waals surface area contributed by atoms with Crippen molar-refractivity contribution in [3.05, 3.63) is 58.1 Å². The fourth-order valence-corrected chi connectivity index (χ4v) is 5.14. The SMILES string of the molecule is Cc1cc(S(=O)(=O)N2CCN(c3ccc(C#N)c(C(F)(F)F)c3)C(C(N)=O)C2)ccc1Cl. The lowest BCUT2D eigenvalue weighted by atomic mass is 10.0. The molecule has 0 aromatic heterocycles. The fourth-order valence-electron chi connectivity index (χ4n) is 3.50. The number of carbonyl (C=O) groups excluding carboxylic acids is 1. The molecule has 0 bridgehead atoms. The topological polar surface area (TPSA) is 108 Å². The number of anilines is 1. The molecule has 1 unspecified atom stereocenters. The number of amides is 1. The summed E-state index contributed by atoms with van der Waals surface area (Å²) in [5.74, 6) is -0.893. The third kappa shape index (κ3) is 4.53. The van der Waals surface area contributed by atoms with Crippen molar-refractivity contribution < 1.29 is 26.4 Å². The van der Waals surface area contributed by atoms with Crippen LogP contribution >= 0.6 is 11.6 Å². The molecule has 2 aromatic rings. The minimum absolute atomic E-state index is 0.0134. The van der Waals surface area contributed by atoms with Crippen LogP contribution in [0.15, 0.2) is 41.3 Å². The summed E-state index contributed by atoms with van der Waals surface area (Å²) in [6.45, 7) is 1.13. The van der Waals surface area contributed by atoms with Crippen molar-refractivity contribution in [3.8, 4) is 6.07 Å². The summed E-state index contributed by atoms with van der Waals surface area (Å²) in [7, 11) is -4.00. The lowest BCUT2D eigenvalue weighted by molar-refractivity contribution is -0.137. The molecule has 2 N–H and O–H groups in total. The van der Waals surface area contributed by atoms with Gasteiger partial charge in [0.1, 0.15) is 6.04 Å². The molecule has 7 nitrogen and oxygen atoms in total. The van der Waals surface area contributed by atoms with Crippen LogP contribution < -0.4 is 10.6 Å². The molecule has 32 heavy (non-hydrogen) atoms. The zero-order valence-electron chi connectivity index (χ0n) is 16.7. The summed E-state index contributed by atoms with van der Waals surface area (Å²) in [5.41, 5.74) is 4.33. The van der Waals surface area contributed by atoms with Crippen LogP contribution in [-0.2, 0) is 21.0 Å². The van der Waals surface area contributed by atoms with Gasteiger partial charge >= 0.3 is 6.18 Å². The number of hydrogen-bond donors (Lipinski definition) is 1. The van der Waals surface area contributed by atoms with Crippen LogP contribution in [0, 0.1) is 18.3 Å². The number of primary amides is 1. The summed E-state index contributed by atoms with van der Waals surface area (Å²) in [6, 6.07) is 7.52. The number of nitriles is 1. The first kappa shape index (κ1) is 23.8. The quantitative estimate of drug-likeness (QED) is 0.715. The van der Waals surface area contributed by atoms with Crippen molar-refractivity contribution in [1.82, 2.24) is 4.31 Å². The van der Waals surface area contributed by atoms with Gasteiger partial charge in [-0.2, -0.15) is 22.7 Å². The molecule has 0 aliphatic carbocycles. The molecule has 1 heterocycles. The second-order valence-corrected chi connectivity index (χ2v) is 9.57. The zero-order chi connectivity index (χ0) is 23.8. The molecule has 1 fully saturated rings. The van der Waals surface area contributed by atoms with Gasteiger partial charge in [0.2, 0.25) is 15.9 Å². The number of halogens is 4. The van der Waals surface area contributed by atoms with Gasteiger partial charge in [-0.15, -0.1) is 0 Å². The van der Waals surface area contributed by atoms with Crippen LogP contribution in [0.2, 0.25) is 5.02 Å². The van der Waals surface area contributed by atoms with Gasteiger partial charge in [0.05, 0.1) is 22.1 Å². The predicted molar refractivity (Wildman–Crippen MR) is 111 cm³/mol. The number of nitrogens with two attached hydrogens (primary N) is 1. The van der Waals surface area contributed by atoms with Crippen LogP contribution in [0.1, 0.15) is 16.7 Å². The Balaban J connectivity index is 1.95. The van der Waals surface area contributed by atoms with E-state index < -0.39 is 39.3 Å². The first-order valence-electron chi connectivity index (χ1n) is 9.30. The molecule has 1 aliphatic rings. The van der Waals surface area contributed by atoms with Crippen LogP contribution in [0.4, 0.5) is 18.9 Å². The fraction of sp³-hybridized carbons (Fsp3) is 0.300. The van der Waals surface area contributed by atoms with Crippen molar-refractivity contribution in [3.63, 3.8) is 0 Å². The van der Waals surface area contributed by atoms with E-state index in [0.717, 1.165) is 16.4 Å². The Morgan fingerprint density at radius 1 is 1.22 bits per heavy atom. The molecule has 2 aromatic carbocycles. The second kappa shape index (κ2) is 8.61. The number of alkyl halides is 3. The number of rotatable bonds is 4. The zero-order valence-corrected chi connectivity index (χ0v) is 18.3. The number of carbonyl (C=O) groups is 1. The Bertz CT molecular complexity index is 1210. The molecule has 0 spiro atoms. The molecule has 0 radical (unpaired) electrons. The highest BCUT2D eigenvalue weighted by Gasteiger charge is 2.39. The molecule has 1 amide bonds. The standard InChI is InChI=1S/C20H18ClF3N4O3S/c1-12-8-15(4-5-17(12)21)32(30,31)27-6-7-28(18(11-27)19(26)29)14-3-2-13(10-25)16(9-14)20(22,23)24/h2-5,8-9,18H,6-7,11H2,1H3,(H2,26,29). The Kier molecular flexibility index (Phi) is 6.42.